The lowest BCUT2D eigenvalue weighted by Gasteiger charge is -2.06. The van der Waals surface area contributed by atoms with Crippen LogP contribution in [0.15, 0.2) is 5.03 Å². The normalized spacial score (nSPS) is 14.1. The van der Waals surface area contributed by atoms with Crippen LogP contribution in [0.5, 0.6) is 0 Å². The van der Waals surface area contributed by atoms with Crippen LogP contribution < -0.4 is 5.73 Å². The maximum Gasteiger partial charge on any atom is 0.414 e. The number of fused-ring (bicyclic) bond motifs is 1. The fourth-order valence-corrected chi connectivity index (χ4v) is 2.08. The molecule has 1 aliphatic heterocycles. The van der Waals surface area contributed by atoms with Gasteiger partial charge in [-0.25, -0.2) is 19.7 Å². The van der Waals surface area contributed by atoms with Gasteiger partial charge in [-0.3, -0.25) is 4.79 Å². The Kier molecular flexibility index (Phi) is 2.43. The average Bonchev–Trinajstić information content (AvgIpc) is 2.55. The second kappa shape index (κ2) is 3.63. The van der Waals surface area contributed by atoms with Crippen molar-refractivity contribution >= 4 is 29.7 Å². The molecule has 3 N–H and O–H groups in total. The van der Waals surface area contributed by atoms with Crippen molar-refractivity contribution in [1.82, 2.24) is 14.9 Å². The van der Waals surface area contributed by atoms with Crippen molar-refractivity contribution in [3.05, 3.63) is 11.3 Å². The SMILES string of the molecule is CSc1nc(N)nc2c1C(=O)N(C(=O)O)C2. The zero-order chi connectivity index (χ0) is 11.9. The lowest BCUT2D eigenvalue weighted by atomic mass is 10.3. The third kappa shape index (κ3) is 1.47. The van der Waals surface area contributed by atoms with Gasteiger partial charge in [0.15, 0.2) is 0 Å². The van der Waals surface area contributed by atoms with E-state index in [0.717, 1.165) is 0 Å². The van der Waals surface area contributed by atoms with Crippen LogP contribution in [0.1, 0.15) is 16.1 Å². The Hall–Kier alpha value is -1.83. The predicted octanol–water partition coefficient (Wildman–Crippen LogP) is 0.415. The molecule has 0 bridgehead atoms. The largest absolute Gasteiger partial charge is 0.465 e. The molecule has 0 radical (unpaired) electrons. The number of carbonyl (C=O) groups is 2. The highest BCUT2D eigenvalue weighted by Crippen LogP contribution is 2.29. The number of rotatable bonds is 1. The van der Waals surface area contributed by atoms with Gasteiger partial charge in [0.2, 0.25) is 5.95 Å². The minimum atomic E-state index is -1.30. The number of nitrogen functional groups attached to an aromatic ring is 1. The number of hydrogen-bond donors (Lipinski definition) is 2. The second-order valence-electron chi connectivity index (χ2n) is 3.09. The van der Waals surface area contributed by atoms with Crippen molar-refractivity contribution in [2.75, 3.05) is 12.0 Å². The molecule has 8 heteroatoms. The van der Waals surface area contributed by atoms with E-state index in [2.05, 4.69) is 9.97 Å². The maximum atomic E-state index is 11.7. The number of aromatic nitrogens is 2. The highest BCUT2D eigenvalue weighted by atomic mass is 32.2. The number of thioether (sulfide) groups is 1. The van der Waals surface area contributed by atoms with Crippen molar-refractivity contribution < 1.29 is 14.7 Å². The van der Waals surface area contributed by atoms with Gasteiger partial charge in [-0.05, 0) is 6.26 Å². The Balaban J connectivity index is 2.55. The van der Waals surface area contributed by atoms with Crippen molar-refractivity contribution in [3.8, 4) is 0 Å². The summed E-state index contributed by atoms with van der Waals surface area (Å²) in [4.78, 5) is 31.0. The molecule has 0 saturated carbocycles. The number of carboxylic acid groups (broad SMARTS) is 1. The summed E-state index contributed by atoms with van der Waals surface area (Å²) in [6.45, 7) is -0.0657. The first-order valence-corrected chi connectivity index (χ1v) is 5.52. The van der Waals surface area contributed by atoms with Gasteiger partial charge in [-0.15, -0.1) is 11.8 Å². The lowest BCUT2D eigenvalue weighted by molar-refractivity contribution is 0.0760. The van der Waals surface area contributed by atoms with Gasteiger partial charge in [0, 0.05) is 0 Å². The number of amides is 2. The van der Waals surface area contributed by atoms with Crippen LogP contribution in [-0.4, -0.2) is 38.2 Å². The number of anilines is 1. The molecule has 1 aromatic rings. The molecule has 1 aromatic heterocycles. The summed E-state index contributed by atoms with van der Waals surface area (Å²) in [5, 5.41) is 9.22. The molecule has 16 heavy (non-hydrogen) atoms. The van der Waals surface area contributed by atoms with Crippen LogP contribution in [0.25, 0.3) is 0 Å². The highest BCUT2D eigenvalue weighted by molar-refractivity contribution is 7.98. The molecule has 0 unspecified atom stereocenters. The summed E-state index contributed by atoms with van der Waals surface area (Å²) in [7, 11) is 0. The van der Waals surface area contributed by atoms with E-state index in [4.69, 9.17) is 10.8 Å². The van der Waals surface area contributed by atoms with E-state index in [1.807, 2.05) is 0 Å². The molecule has 0 fully saturated rings. The molecule has 0 spiro atoms. The molecule has 2 rings (SSSR count). The summed E-state index contributed by atoms with van der Waals surface area (Å²) in [6, 6.07) is 0. The maximum absolute atomic E-state index is 11.7. The lowest BCUT2D eigenvalue weighted by Crippen LogP contribution is -2.29. The zero-order valence-corrected chi connectivity index (χ0v) is 9.11. The smallest absolute Gasteiger partial charge is 0.414 e. The molecule has 84 valence electrons. The van der Waals surface area contributed by atoms with Gasteiger partial charge in [0.1, 0.15) is 5.03 Å². The monoisotopic (exact) mass is 240 g/mol. The van der Waals surface area contributed by atoms with Gasteiger partial charge in [0.25, 0.3) is 5.91 Å². The van der Waals surface area contributed by atoms with Gasteiger partial charge in [-0.1, -0.05) is 0 Å². The van der Waals surface area contributed by atoms with Crippen LogP contribution in [0.3, 0.4) is 0 Å². The standard InChI is InChI=1S/C8H8N4O3S/c1-16-5-4-3(10-7(9)11-5)2-12(6(4)13)8(14)15/h2H2,1H3,(H,14,15)(H2,9,10,11). The summed E-state index contributed by atoms with van der Waals surface area (Å²) in [5.41, 5.74) is 6.07. The third-order valence-corrected chi connectivity index (χ3v) is 2.84. The van der Waals surface area contributed by atoms with Crippen LogP contribution in [-0.2, 0) is 6.54 Å². The number of hydrogen-bond acceptors (Lipinski definition) is 6. The van der Waals surface area contributed by atoms with Crippen LogP contribution in [0, 0.1) is 0 Å². The van der Waals surface area contributed by atoms with E-state index in [9.17, 15) is 9.59 Å². The Morgan fingerprint density at radius 2 is 2.25 bits per heavy atom. The highest BCUT2D eigenvalue weighted by Gasteiger charge is 2.36. The zero-order valence-electron chi connectivity index (χ0n) is 8.30. The number of imide groups is 1. The van der Waals surface area contributed by atoms with E-state index < -0.39 is 12.0 Å². The van der Waals surface area contributed by atoms with Crippen LogP contribution in [0.4, 0.5) is 10.7 Å². The van der Waals surface area contributed by atoms with Crippen molar-refractivity contribution in [2.45, 2.75) is 11.6 Å². The molecule has 7 nitrogen and oxygen atoms in total. The van der Waals surface area contributed by atoms with Gasteiger partial charge >= 0.3 is 6.09 Å². The summed E-state index contributed by atoms with van der Waals surface area (Å²) >= 11 is 1.23. The second-order valence-corrected chi connectivity index (χ2v) is 3.88. The molecule has 2 heterocycles. The van der Waals surface area contributed by atoms with E-state index in [-0.39, 0.29) is 18.1 Å². The van der Waals surface area contributed by atoms with E-state index in [1.54, 1.807) is 6.26 Å². The Bertz CT molecular complexity index is 490. The molecule has 0 saturated heterocycles. The van der Waals surface area contributed by atoms with E-state index in [0.29, 0.717) is 15.6 Å². The quantitative estimate of drug-likeness (QED) is 0.540. The van der Waals surface area contributed by atoms with Crippen molar-refractivity contribution in [3.63, 3.8) is 0 Å². The average molecular weight is 240 g/mol. The minimum absolute atomic E-state index is 0.0446. The molecule has 0 aromatic carbocycles. The summed E-state index contributed by atoms with van der Waals surface area (Å²) in [5.74, 6) is -0.546. The first-order valence-electron chi connectivity index (χ1n) is 4.29. The molecule has 0 atom stereocenters. The molecular formula is C8H8N4O3S. The van der Waals surface area contributed by atoms with Gasteiger partial charge in [-0.2, -0.15) is 0 Å². The number of nitrogens with two attached hydrogens (primary N) is 1. The van der Waals surface area contributed by atoms with Gasteiger partial charge < -0.3 is 10.8 Å². The molecular weight excluding hydrogens is 232 g/mol. The number of nitrogens with zero attached hydrogens (tertiary/aromatic N) is 3. The van der Waals surface area contributed by atoms with Crippen molar-refractivity contribution in [1.29, 1.82) is 0 Å². The minimum Gasteiger partial charge on any atom is -0.465 e. The first-order chi connectivity index (χ1) is 7.54. The fourth-order valence-electron chi connectivity index (χ4n) is 1.49. The fraction of sp³-hybridized carbons (Fsp3) is 0.250. The van der Waals surface area contributed by atoms with Gasteiger partial charge in [0.05, 0.1) is 17.8 Å². The molecule has 0 aliphatic carbocycles. The first kappa shape index (κ1) is 10.7. The molecule has 2 amide bonds. The van der Waals surface area contributed by atoms with Crippen LogP contribution in [0.2, 0.25) is 0 Å². The summed E-state index contributed by atoms with van der Waals surface area (Å²) in [6.07, 6.45) is 0.437. The topological polar surface area (TPSA) is 109 Å². The third-order valence-electron chi connectivity index (χ3n) is 2.16. The Morgan fingerprint density at radius 1 is 1.56 bits per heavy atom. The predicted molar refractivity (Wildman–Crippen MR) is 56.1 cm³/mol. The Labute approximate surface area is 94.7 Å². The van der Waals surface area contributed by atoms with Crippen LogP contribution >= 0.6 is 11.8 Å². The van der Waals surface area contributed by atoms with E-state index in [1.165, 1.54) is 11.8 Å². The van der Waals surface area contributed by atoms with Crippen molar-refractivity contribution in [2.24, 2.45) is 0 Å². The molecule has 1 aliphatic rings. The van der Waals surface area contributed by atoms with E-state index >= 15 is 0 Å². The Morgan fingerprint density at radius 3 is 2.81 bits per heavy atom. The summed E-state index contributed by atoms with van der Waals surface area (Å²) < 4.78 is 0. The number of carbonyl (C=O) groups excluding carboxylic acids is 1.